The lowest BCUT2D eigenvalue weighted by molar-refractivity contribution is -0.137. The number of amides is 2. The molecule has 0 saturated heterocycles. The molecule has 2 N–H and O–H groups in total. The van der Waals surface area contributed by atoms with Gasteiger partial charge in [0.1, 0.15) is 0 Å². The summed E-state index contributed by atoms with van der Waals surface area (Å²) in [6.07, 6.45) is 0.681. The molecule has 0 spiro atoms. The minimum atomic E-state index is -0.810. The van der Waals surface area contributed by atoms with Gasteiger partial charge in [0.2, 0.25) is 0 Å². The van der Waals surface area contributed by atoms with E-state index in [1.54, 1.807) is 18.0 Å². The van der Waals surface area contributed by atoms with Crippen LogP contribution in [0.4, 0.5) is 4.79 Å². The maximum atomic E-state index is 11.9. The minimum absolute atomic E-state index is 0.126. The number of nitrogens with one attached hydrogen (secondary N) is 1. The first-order valence-corrected chi connectivity index (χ1v) is 7.53. The molecule has 0 radical (unpaired) electrons. The quantitative estimate of drug-likeness (QED) is 0.811. The number of carboxylic acids is 1. The highest BCUT2D eigenvalue weighted by Gasteiger charge is 2.12. The van der Waals surface area contributed by atoms with Crippen LogP contribution in [0.15, 0.2) is 12.1 Å². The third-order valence-corrected chi connectivity index (χ3v) is 4.04. The van der Waals surface area contributed by atoms with Crippen molar-refractivity contribution in [1.29, 1.82) is 0 Å². The second kappa shape index (κ2) is 8.11. The van der Waals surface area contributed by atoms with Gasteiger partial charge >= 0.3 is 12.0 Å². The largest absolute Gasteiger partial charge is 0.481 e. The van der Waals surface area contributed by atoms with Crippen molar-refractivity contribution >= 4 is 34.9 Å². The van der Waals surface area contributed by atoms with Crippen molar-refractivity contribution in [2.75, 3.05) is 13.6 Å². The van der Waals surface area contributed by atoms with E-state index in [9.17, 15) is 9.59 Å². The first-order valence-electron chi connectivity index (χ1n) is 6.33. The van der Waals surface area contributed by atoms with Gasteiger partial charge in [-0.3, -0.25) is 4.79 Å². The highest BCUT2D eigenvalue weighted by atomic mass is 35.5. The van der Waals surface area contributed by atoms with Crippen molar-refractivity contribution < 1.29 is 14.7 Å². The number of carboxylic acid groups (broad SMARTS) is 1. The van der Waals surface area contributed by atoms with Gasteiger partial charge in [0, 0.05) is 24.9 Å². The third-order valence-electron chi connectivity index (χ3n) is 2.82. The SMILES string of the molecule is CC(CCC(=O)O)CNC(=O)N(C)Cc1ccc(Cl)s1. The van der Waals surface area contributed by atoms with E-state index in [4.69, 9.17) is 16.7 Å². The van der Waals surface area contributed by atoms with Crippen LogP contribution in [0.5, 0.6) is 0 Å². The Labute approximate surface area is 127 Å². The number of rotatable bonds is 7. The monoisotopic (exact) mass is 318 g/mol. The molecule has 112 valence electrons. The lowest BCUT2D eigenvalue weighted by Gasteiger charge is -2.19. The van der Waals surface area contributed by atoms with Crippen molar-refractivity contribution in [2.24, 2.45) is 5.92 Å². The summed E-state index contributed by atoms with van der Waals surface area (Å²) in [5, 5.41) is 11.4. The molecule has 1 heterocycles. The topological polar surface area (TPSA) is 69.6 Å². The van der Waals surface area contributed by atoms with E-state index in [1.165, 1.54) is 11.3 Å². The van der Waals surface area contributed by atoms with E-state index in [-0.39, 0.29) is 18.4 Å². The van der Waals surface area contributed by atoms with E-state index in [0.717, 1.165) is 4.88 Å². The Balaban J connectivity index is 2.29. The Hall–Kier alpha value is -1.27. The van der Waals surface area contributed by atoms with Crippen molar-refractivity contribution in [3.8, 4) is 0 Å². The van der Waals surface area contributed by atoms with Gasteiger partial charge in [-0.2, -0.15) is 0 Å². The summed E-state index contributed by atoms with van der Waals surface area (Å²) in [4.78, 5) is 24.9. The van der Waals surface area contributed by atoms with Crippen LogP contribution in [0, 0.1) is 5.92 Å². The molecule has 0 aliphatic carbocycles. The number of urea groups is 1. The van der Waals surface area contributed by atoms with Crippen LogP contribution in [0.2, 0.25) is 4.34 Å². The molecule has 1 atom stereocenters. The zero-order chi connectivity index (χ0) is 15.1. The van der Waals surface area contributed by atoms with E-state index in [1.807, 2.05) is 13.0 Å². The molecule has 0 aliphatic heterocycles. The zero-order valence-corrected chi connectivity index (χ0v) is 13.1. The van der Waals surface area contributed by atoms with Gasteiger partial charge in [0.05, 0.1) is 10.9 Å². The van der Waals surface area contributed by atoms with Crippen LogP contribution >= 0.6 is 22.9 Å². The number of thiophene rings is 1. The molecular formula is C13H19ClN2O3S. The first-order chi connectivity index (χ1) is 9.38. The second-order valence-corrected chi connectivity index (χ2v) is 6.59. The summed E-state index contributed by atoms with van der Waals surface area (Å²) in [5.74, 6) is -0.672. The van der Waals surface area contributed by atoms with Gasteiger partial charge in [-0.05, 0) is 24.5 Å². The highest BCUT2D eigenvalue weighted by Crippen LogP contribution is 2.22. The number of hydrogen-bond donors (Lipinski definition) is 2. The number of hydrogen-bond acceptors (Lipinski definition) is 3. The Morgan fingerprint density at radius 1 is 1.50 bits per heavy atom. The molecule has 5 nitrogen and oxygen atoms in total. The van der Waals surface area contributed by atoms with Gasteiger partial charge in [0.15, 0.2) is 0 Å². The Morgan fingerprint density at radius 3 is 2.75 bits per heavy atom. The number of nitrogens with zero attached hydrogens (tertiary/aromatic N) is 1. The van der Waals surface area contributed by atoms with Gasteiger partial charge in [-0.25, -0.2) is 4.79 Å². The summed E-state index contributed by atoms with van der Waals surface area (Å²) in [6, 6.07) is 3.53. The fraction of sp³-hybridized carbons (Fsp3) is 0.538. The normalized spacial score (nSPS) is 11.9. The molecule has 0 fully saturated rings. The fourth-order valence-electron chi connectivity index (χ4n) is 1.61. The van der Waals surface area contributed by atoms with E-state index in [0.29, 0.717) is 23.8 Å². The number of halogens is 1. The van der Waals surface area contributed by atoms with Gasteiger partial charge in [-0.1, -0.05) is 18.5 Å². The van der Waals surface area contributed by atoms with Crippen LogP contribution in [0.1, 0.15) is 24.6 Å². The first kappa shape index (κ1) is 16.8. The molecule has 0 saturated carbocycles. The Kier molecular flexibility index (Phi) is 6.81. The fourth-order valence-corrected chi connectivity index (χ4v) is 2.75. The summed E-state index contributed by atoms with van der Waals surface area (Å²) >= 11 is 7.29. The van der Waals surface area contributed by atoms with Crippen LogP contribution in [0.25, 0.3) is 0 Å². The van der Waals surface area contributed by atoms with Crippen molar-refractivity contribution in [1.82, 2.24) is 10.2 Å². The van der Waals surface area contributed by atoms with Crippen LogP contribution < -0.4 is 5.32 Å². The molecule has 1 unspecified atom stereocenters. The number of carbonyl (C=O) groups is 2. The summed E-state index contributed by atoms with van der Waals surface area (Å²) in [6.45, 7) is 2.90. The average Bonchev–Trinajstić information content (AvgIpc) is 2.78. The maximum absolute atomic E-state index is 11.9. The lowest BCUT2D eigenvalue weighted by atomic mass is 10.1. The summed E-state index contributed by atoms with van der Waals surface area (Å²) < 4.78 is 0.705. The van der Waals surface area contributed by atoms with Crippen molar-refractivity contribution in [3.05, 3.63) is 21.3 Å². The molecule has 0 aromatic carbocycles. The smallest absolute Gasteiger partial charge is 0.317 e. The second-order valence-electron chi connectivity index (χ2n) is 4.79. The van der Waals surface area contributed by atoms with Crippen LogP contribution in [-0.2, 0) is 11.3 Å². The number of carbonyl (C=O) groups excluding carboxylic acids is 1. The van der Waals surface area contributed by atoms with Gasteiger partial charge < -0.3 is 15.3 Å². The van der Waals surface area contributed by atoms with Crippen LogP contribution in [-0.4, -0.2) is 35.6 Å². The molecule has 2 amide bonds. The molecule has 1 rings (SSSR count). The predicted molar refractivity (Wildman–Crippen MR) is 80.2 cm³/mol. The van der Waals surface area contributed by atoms with Crippen LogP contribution in [0.3, 0.4) is 0 Å². The van der Waals surface area contributed by atoms with Gasteiger partial charge in [-0.15, -0.1) is 11.3 Å². The molecule has 20 heavy (non-hydrogen) atoms. The standard InChI is InChI=1S/C13H19ClN2O3S/c1-9(3-6-12(17)18)7-15-13(19)16(2)8-10-4-5-11(14)20-10/h4-5,9H,3,6-8H2,1-2H3,(H,15,19)(H,17,18). The predicted octanol–water partition coefficient (Wildman–Crippen LogP) is 3.04. The van der Waals surface area contributed by atoms with E-state index in [2.05, 4.69) is 5.32 Å². The Morgan fingerprint density at radius 2 is 2.20 bits per heavy atom. The zero-order valence-electron chi connectivity index (χ0n) is 11.6. The number of aliphatic carboxylic acids is 1. The van der Waals surface area contributed by atoms with Gasteiger partial charge in [0.25, 0.3) is 0 Å². The molecule has 7 heteroatoms. The summed E-state index contributed by atoms with van der Waals surface area (Å²) in [5.41, 5.74) is 0. The van der Waals surface area contributed by atoms with E-state index >= 15 is 0 Å². The lowest BCUT2D eigenvalue weighted by Crippen LogP contribution is -2.38. The average molecular weight is 319 g/mol. The third kappa shape index (κ3) is 6.25. The molecule has 0 aliphatic rings. The van der Waals surface area contributed by atoms with E-state index < -0.39 is 5.97 Å². The molecule has 0 bridgehead atoms. The molecular weight excluding hydrogens is 300 g/mol. The molecule has 1 aromatic heterocycles. The Bertz CT molecular complexity index is 464. The highest BCUT2D eigenvalue weighted by molar-refractivity contribution is 7.16. The summed E-state index contributed by atoms with van der Waals surface area (Å²) in [7, 11) is 1.71. The van der Waals surface area contributed by atoms with Crippen molar-refractivity contribution in [2.45, 2.75) is 26.3 Å². The molecule has 1 aromatic rings. The minimum Gasteiger partial charge on any atom is -0.481 e. The maximum Gasteiger partial charge on any atom is 0.317 e. The van der Waals surface area contributed by atoms with Crippen molar-refractivity contribution in [3.63, 3.8) is 0 Å².